The Morgan fingerprint density at radius 2 is 2.30 bits per heavy atom. The lowest BCUT2D eigenvalue weighted by Crippen LogP contribution is -2.39. The van der Waals surface area contributed by atoms with Crippen LogP contribution in [-0.4, -0.2) is 35.1 Å². The second-order valence-corrected chi connectivity index (χ2v) is 3.24. The molecule has 1 N–H and O–H groups in total. The minimum absolute atomic E-state index is 0.0807. The maximum absolute atomic E-state index is 8.87. The normalized spacial score (nSPS) is 33.0. The van der Waals surface area contributed by atoms with E-state index in [2.05, 4.69) is 0 Å². The molecule has 3 heteroatoms. The van der Waals surface area contributed by atoms with Gasteiger partial charge in [-0.2, -0.15) is 0 Å². The molecule has 1 rings (SSSR count). The summed E-state index contributed by atoms with van der Waals surface area (Å²) in [4.78, 5) is 1.90. The number of hydrogen-bond donors (Lipinski definition) is 1. The smallest absolute Gasteiger partial charge is 0.118 e. The molecule has 0 amide bonds. The Bertz CT molecular complexity index is 125. The largest absolute Gasteiger partial charge is 0.381 e. The fraction of sp³-hybridized carbons (Fsp3) is 1.00. The Labute approximate surface area is 61.6 Å². The van der Waals surface area contributed by atoms with Gasteiger partial charge in [-0.15, -0.1) is 0 Å². The van der Waals surface area contributed by atoms with Gasteiger partial charge in [-0.25, -0.2) is 0 Å². The van der Waals surface area contributed by atoms with Crippen molar-refractivity contribution in [3.05, 3.63) is 0 Å². The SMILES string of the molecule is CC1CN(CO)C(C)(C)O1. The maximum atomic E-state index is 8.87. The van der Waals surface area contributed by atoms with Crippen LogP contribution in [0.3, 0.4) is 0 Å². The van der Waals surface area contributed by atoms with E-state index in [1.54, 1.807) is 0 Å². The summed E-state index contributed by atoms with van der Waals surface area (Å²) in [5.41, 5.74) is -0.284. The fourth-order valence-corrected chi connectivity index (χ4v) is 1.36. The molecule has 1 saturated heterocycles. The fourth-order valence-electron chi connectivity index (χ4n) is 1.36. The zero-order chi connectivity index (χ0) is 7.78. The average molecular weight is 145 g/mol. The highest BCUT2D eigenvalue weighted by Gasteiger charge is 2.36. The van der Waals surface area contributed by atoms with Crippen molar-refractivity contribution in [2.24, 2.45) is 0 Å². The summed E-state index contributed by atoms with van der Waals surface area (Å²) in [5, 5.41) is 8.87. The van der Waals surface area contributed by atoms with Crippen LogP contribution in [0, 0.1) is 0 Å². The third-order valence-corrected chi connectivity index (χ3v) is 1.90. The highest BCUT2D eigenvalue weighted by atomic mass is 16.5. The summed E-state index contributed by atoms with van der Waals surface area (Å²) in [6, 6.07) is 0. The first-order chi connectivity index (χ1) is 4.56. The monoisotopic (exact) mass is 145 g/mol. The van der Waals surface area contributed by atoms with Crippen LogP contribution in [0.25, 0.3) is 0 Å². The summed E-state index contributed by atoms with van der Waals surface area (Å²) in [5.74, 6) is 0. The van der Waals surface area contributed by atoms with E-state index in [-0.39, 0.29) is 18.6 Å². The predicted molar refractivity (Wildman–Crippen MR) is 38.4 cm³/mol. The van der Waals surface area contributed by atoms with Gasteiger partial charge in [0, 0.05) is 6.54 Å². The van der Waals surface area contributed by atoms with E-state index in [0.717, 1.165) is 6.54 Å². The lowest BCUT2D eigenvalue weighted by molar-refractivity contribution is -0.0938. The minimum Gasteiger partial charge on any atom is -0.381 e. The third kappa shape index (κ3) is 1.31. The van der Waals surface area contributed by atoms with Gasteiger partial charge in [0.15, 0.2) is 0 Å². The van der Waals surface area contributed by atoms with Crippen LogP contribution in [0.1, 0.15) is 20.8 Å². The topological polar surface area (TPSA) is 32.7 Å². The molecule has 0 spiro atoms. The number of rotatable bonds is 1. The summed E-state index contributed by atoms with van der Waals surface area (Å²) in [6.45, 7) is 6.84. The zero-order valence-corrected chi connectivity index (χ0v) is 6.79. The molecule has 1 unspecified atom stereocenters. The summed E-state index contributed by atoms with van der Waals surface area (Å²) < 4.78 is 5.52. The van der Waals surface area contributed by atoms with Crippen LogP contribution in [0.5, 0.6) is 0 Å². The zero-order valence-electron chi connectivity index (χ0n) is 6.79. The molecule has 0 aromatic rings. The lowest BCUT2D eigenvalue weighted by Gasteiger charge is -2.27. The van der Waals surface area contributed by atoms with Gasteiger partial charge in [0.05, 0.1) is 12.8 Å². The van der Waals surface area contributed by atoms with Gasteiger partial charge in [-0.05, 0) is 20.8 Å². The molecule has 0 saturated carbocycles. The van der Waals surface area contributed by atoms with Crippen LogP contribution >= 0.6 is 0 Å². The first-order valence-corrected chi connectivity index (χ1v) is 3.60. The number of nitrogens with zero attached hydrogens (tertiary/aromatic N) is 1. The van der Waals surface area contributed by atoms with Gasteiger partial charge in [0.1, 0.15) is 5.72 Å². The van der Waals surface area contributed by atoms with Crippen molar-refractivity contribution >= 4 is 0 Å². The quantitative estimate of drug-likeness (QED) is 0.579. The summed E-state index contributed by atoms with van der Waals surface area (Å²) in [6.07, 6.45) is 0.238. The van der Waals surface area contributed by atoms with E-state index in [1.807, 2.05) is 25.7 Å². The Morgan fingerprint density at radius 3 is 2.50 bits per heavy atom. The van der Waals surface area contributed by atoms with Crippen molar-refractivity contribution < 1.29 is 9.84 Å². The predicted octanol–water partition coefficient (Wildman–Crippen LogP) is 0.393. The molecule has 1 aliphatic rings. The molecular weight excluding hydrogens is 130 g/mol. The highest BCUT2D eigenvalue weighted by Crippen LogP contribution is 2.24. The van der Waals surface area contributed by atoms with Crippen molar-refractivity contribution in [1.82, 2.24) is 4.90 Å². The third-order valence-electron chi connectivity index (χ3n) is 1.90. The minimum atomic E-state index is -0.284. The van der Waals surface area contributed by atoms with Gasteiger partial charge in [0.2, 0.25) is 0 Å². The number of aliphatic hydroxyl groups is 1. The highest BCUT2D eigenvalue weighted by molar-refractivity contribution is 4.79. The summed E-state index contributed by atoms with van der Waals surface area (Å²) in [7, 11) is 0. The molecule has 0 aromatic carbocycles. The van der Waals surface area contributed by atoms with E-state index in [0.29, 0.717) is 0 Å². The van der Waals surface area contributed by atoms with E-state index < -0.39 is 0 Å². The van der Waals surface area contributed by atoms with Crippen LogP contribution < -0.4 is 0 Å². The second kappa shape index (κ2) is 2.49. The van der Waals surface area contributed by atoms with Crippen molar-refractivity contribution in [2.75, 3.05) is 13.3 Å². The molecule has 60 valence electrons. The molecule has 1 atom stereocenters. The molecular formula is C7H15NO2. The van der Waals surface area contributed by atoms with Crippen LogP contribution in [0.2, 0.25) is 0 Å². The number of hydrogen-bond acceptors (Lipinski definition) is 3. The second-order valence-electron chi connectivity index (χ2n) is 3.24. The van der Waals surface area contributed by atoms with E-state index in [4.69, 9.17) is 9.84 Å². The Balaban J connectivity index is 2.58. The summed E-state index contributed by atoms with van der Waals surface area (Å²) >= 11 is 0. The number of aliphatic hydroxyl groups excluding tert-OH is 1. The Hall–Kier alpha value is -0.120. The van der Waals surface area contributed by atoms with E-state index in [9.17, 15) is 0 Å². The van der Waals surface area contributed by atoms with Crippen molar-refractivity contribution in [1.29, 1.82) is 0 Å². The first kappa shape index (κ1) is 7.98. The molecule has 0 aliphatic carbocycles. The molecule has 0 radical (unpaired) electrons. The molecule has 0 bridgehead atoms. The average Bonchev–Trinajstić information content (AvgIpc) is 2.04. The van der Waals surface area contributed by atoms with Gasteiger partial charge in [0.25, 0.3) is 0 Å². The van der Waals surface area contributed by atoms with E-state index >= 15 is 0 Å². The molecule has 1 heterocycles. The van der Waals surface area contributed by atoms with Gasteiger partial charge in [-0.3, -0.25) is 4.90 Å². The molecule has 3 nitrogen and oxygen atoms in total. The van der Waals surface area contributed by atoms with Crippen molar-refractivity contribution in [3.8, 4) is 0 Å². The Kier molecular flexibility index (Phi) is 1.99. The van der Waals surface area contributed by atoms with Crippen molar-refractivity contribution in [2.45, 2.75) is 32.6 Å². The number of ether oxygens (including phenoxy) is 1. The lowest BCUT2D eigenvalue weighted by atomic mass is 10.3. The first-order valence-electron chi connectivity index (χ1n) is 3.60. The van der Waals surface area contributed by atoms with Crippen LogP contribution in [0.15, 0.2) is 0 Å². The molecule has 1 aliphatic heterocycles. The van der Waals surface area contributed by atoms with E-state index in [1.165, 1.54) is 0 Å². The molecule has 10 heavy (non-hydrogen) atoms. The molecule has 1 fully saturated rings. The van der Waals surface area contributed by atoms with Gasteiger partial charge < -0.3 is 9.84 Å². The van der Waals surface area contributed by atoms with Gasteiger partial charge >= 0.3 is 0 Å². The Morgan fingerprint density at radius 1 is 1.70 bits per heavy atom. The van der Waals surface area contributed by atoms with Crippen LogP contribution in [0.4, 0.5) is 0 Å². The maximum Gasteiger partial charge on any atom is 0.118 e. The van der Waals surface area contributed by atoms with Crippen LogP contribution in [-0.2, 0) is 4.74 Å². The molecule has 0 aromatic heterocycles. The van der Waals surface area contributed by atoms with Gasteiger partial charge in [-0.1, -0.05) is 0 Å². The standard InChI is InChI=1S/C7H15NO2/c1-6-4-8(5-9)7(2,3)10-6/h6,9H,4-5H2,1-3H3. The van der Waals surface area contributed by atoms with Crippen molar-refractivity contribution in [3.63, 3.8) is 0 Å².